The number of nitrogens with zero attached hydrogens (tertiary/aromatic N) is 2. The van der Waals surface area contributed by atoms with E-state index >= 15 is 0 Å². The molecule has 1 saturated heterocycles. The third-order valence-electron chi connectivity index (χ3n) is 3.02. The van der Waals surface area contributed by atoms with E-state index in [1.54, 1.807) is 24.3 Å². The molecule has 0 radical (unpaired) electrons. The Morgan fingerprint density at radius 1 is 1.45 bits per heavy atom. The number of morpholine rings is 1. The monoisotopic (exact) mass is 278 g/mol. The maximum atomic E-state index is 11.9. The van der Waals surface area contributed by atoms with Crippen molar-refractivity contribution in [1.82, 2.24) is 4.90 Å². The van der Waals surface area contributed by atoms with Gasteiger partial charge in [0, 0.05) is 24.3 Å². The molecule has 1 aliphatic rings. The van der Waals surface area contributed by atoms with Crippen LogP contribution >= 0.6 is 0 Å². The topological polar surface area (TPSA) is 100 Å². The van der Waals surface area contributed by atoms with Crippen molar-refractivity contribution < 1.29 is 14.7 Å². The molecule has 20 heavy (non-hydrogen) atoms. The molecule has 1 aromatic rings. The molecular weight excluding hydrogens is 260 g/mol. The average molecular weight is 278 g/mol. The Bertz CT molecular complexity index is 498. The third-order valence-corrected chi connectivity index (χ3v) is 3.02. The van der Waals surface area contributed by atoms with Crippen molar-refractivity contribution in [3.05, 3.63) is 29.8 Å². The van der Waals surface area contributed by atoms with Gasteiger partial charge in [0.25, 0.3) is 0 Å². The summed E-state index contributed by atoms with van der Waals surface area (Å²) >= 11 is 0. The van der Waals surface area contributed by atoms with Gasteiger partial charge in [-0.15, -0.1) is 0 Å². The molecule has 1 heterocycles. The van der Waals surface area contributed by atoms with Crippen molar-refractivity contribution in [2.45, 2.75) is 0 Å². The minimum Gasteiger partial charge on any atom is -0.409 e. The van der Waals surface area contributed by atoms with Crippen molar-refractivity contribution >= 4 is 17.4 Å². The van der Waals surface area contributed by atoms with Crippen LogP contribution in [0.25, 0.3) is 0 Å². The van der Waals surface area contributed by atoms with Crippen molar-refractivity contribution in [2.75, 3.05) is 38.2 Å². The molecule has 0 spiro atoms. The first-order valence-electron chi connectivity index (χ1n) is 6.37. The van der Waals surface area contributed by atoms with Crippen molar-refractivity contribution in [3.8, 4) is 0 Å². The van der Waals surface area contributed by atoms with E-state index in [-0.39, 0.29) is 11.7 Å². The number of rotatable bonds is 4. The Morgan fingerprint density at radius 2 is 2.20 bits per heavy atom. The van der Waals surface area contributed by atoms with E-state index < -0.39 is 0 Å². The number of carbonyl (C=O) groups is 1. The number of hydrogen-bond acceptors (Lipinski definition) is 5. The molecule has 0 atom stereocenters. The minimum absolute atomic E-state index is 0.00859. The van der Waals surface area contributed by atoms with Gasteiger partial charge >= 0.3 is 0 Å². The Labute approximate surface area is 117 Å². The van der Waals surface area contributed by atoms with Crippen molar-refractivity contribution in [2.24, 2.45) is 10.9 Å². The molecule has 1 fully saturated rings. The lowest BCUT2D eigenvalue weighted by molar-refractivity contribution is -0.118. The van der Waals surface area contributed by atoms with Crippen molar-refractivity contribution in [1.29, 1.82) is 0 Å². The van der Waals surface area contributed by atoms with Crippen LogP contribution in [-0.4, -0.2) is 54.7 Å². The summed E-state index contributed by atoms with van der Waals surface area (Å²) in [7, 11) is 0. The molecule has 1 aromatic carbocycles. The number of hydrogen-bond donors (Lipinski definition) is 3. The summed E-state index contributed by atoms with van der Waals surface area (Å²) in [4.78, 5) is 14.0. The summed E-state index contributed by atoms with van der Waals surface area (Å²) in [5.74, 6) is -0.0853. The molecule has 0 bridgehead atoms. The Balaban J connectivity index is 1.93. The minimum atomic E-state index is -0.0939. The number of amidine groups is 1. The number of amides is 1. The van der Waals surface area contributed by atoms with Crippen LogP contribution in [0.1, 0.15) is 5.56 Å². The van der Waals surface area contributed by atoms with E-state index in [1.165, 1.54) is 0 Å². The highest BCUT2D eigenvalue weighted by molar-refractivity contribution is 5.99. The fourth-order valence-corrected chi connectivity index (χ4v) is 1.98. The largest absolute Gasteiger partial charge is 0.409 e. The van der Waals surface area contributed by atoms with Gasteiger partial charge in [-0.25, -0.2) is 0 Å². The molecule has 108 valence electrons. The lowest BCUT2D eigenvalue weighted by Gasteiger charge is -2.25. The molecule has 1 aliphatic heterocycles. The fourth-order valence-electron chi connectivity index (χ4n) is 1.98. The van der Waals surface area contributed by atoms with Crippen LogP contribution in [0.4, 0.5) is 5.69 Å². The Kier molecular flexibility index (Phi) is 4.91. The normalized spacial score (nSPS) is 16.9. The maximum Gasteiger partial charge on any atom is 0.238 e. The Morgan fingerprint density at radius 3 is 2.90 bits per heavy atom. The SMILES string of the molecule is N/C(=N\O)c1cccc(NC(=O)CN2CCOCC2)c1. The molecule has 0 aromatic heterocycles. The Hall–Kier alpha value is -2.12. The van der Waals surface area contributed by atoms with Gasteiger partial charge in [-0.3, -0.25) is 9.69 Å². The first kappa shape index (κ1) is 14.3. The van der Waals surface area contributed by atoms with Crippen LogP contribution in [0, 0.1) is 0 Å². The smallest absolute Gasteiger partial charge is 0.238 e. The molecule has 0 unspecified atom stereocenters. The summed E-state index contributed by atoms with van der Waals surface area (Å²) < 4.78 is 5.23. The quantitative estimate of drug-likeness (QED) is 0.313. The number of oxime groups is 1. The summed E-state index contributed by atoms with van der Waals surface area (Å²) in [6.45, 7) is 3.17. The molecule has 7 heteroatoms. The number of carbonyl (C=O) groups excluding carboxylic acids is 1. The van der Waals surface area contributed by atoms with Crippen LogP contribution in [0.5, 0.6) is 0 Å². The first-order valence-corrected chi connectivity index (χ1v) is 6.37. The van der Waals surface area contributed by atoms with Gasteiger partial charge in [-0.1, -0.05) is 17.3 Å². The third kappa shape index (κ3) is 3.94. The molecule has 2 rings (SSSR count). The van der Waals surface area contributed by atoms with E-state index in [9.17, 15) is 4.79 Å². The van der Waals surface area contributed by atoms with E-state index in [0.717, 1.165) is 13.1 Å². The summed E-state index contributed by atoms with van der Waals surface area (Å²) in [6, 6.07) is 6.85. The van der Waals surface area contributed by atoms with E-state index in [4.69, 9.17) is 15.7 Å². The van der Waals surface area contributed by atoms with E-state index in [2.05, 4.69) is 10.5 Å². The number of anilines is 1. The van der Waals surface area contributed by atoms with Crippen LogP contribution in [0.2, 0.25) is 0 Å². The highest BCUT2D eigenvalue weighted by Crippen LogP contribution is 2.10. The highest BCUT2D eigenvalue weighted by atomic mass is 16.5. The predicted molar refractivity (Wildman–Crippen MR) is 74.8 cm³/mol. The van der Waals surface area contributed by atoms with Crippen molar-refractivity contribution in [3.63, 3.8) is 0 Å². The summed E-state index contributed by atoms with van der Waals surface area (Å²) in [5, 5.41) is 14.4. The van der Waals surface area contributed by atoms with Gasteiger partial charge in [-0.2, -0.15) is 0 Å². The van der Waals surface area contributed by atoms with E-state index in [0.29, 0.717) is 31.0 Å². The molecule has 0 saturated carbocycles. The van der Waals surface area contributed by atoms with E-state index in [1.807, 2.05) is 4.90 Å². The summed E-state index contributed by atoms with van der Waals surface area (Å²) in [5.41, 5.74) is 6.68. The zero-order chi connectivity index (χ0) is 14.4. The van der Waals surface area contributed by atoms with Crippen LogP contribution < -0.4 is 11.1 Å². The average Bonchev–Trinajstić information content (AvgIpc) is 2.47. The molecule has 1 amide bonds. The molecule has 0 aliphatic carbocycles. The standard InChI is InChI=1S/C13H18N4O3/c14-13(16-19)10-2-1-3-11(8-10)15-12(18)9-17-4-6-20-7-5-17/h1-3,8,19H,4-7,9H2,(H2,14,16)(H,15,18). The fraction of sp³-hybridized carbons (Fsp3) is 0.385. The molecular formula is C13H18N4O3. The van der Waals surface area contributed by atoms with Crippen LogP contribution in [0.3, 0.4) is 0 Å². The number of ether oxygens (including phenoxy) is 1. The second kappa shape index (κ2) is 6.88. The molecule has 4 N–H and O–H groups in total. The summed E-state index contributed by atoms with van der Waals surface area (Å²) in [6.07, 6.45) is 0. The lowest BCUT2D eigenvalue weighted by Crippen LogP contribution is -2.41. The number of benzene rings is 1. The van der Waals surface area contributed by atoms with Gasteiger partial charge in [-0.05, 0) is 12.1 Å². The zero-order valence-corrected chi connectivity index (χ0v) is 11.1. The van der Waals surface area contributed by atoms with Gasteiger partial charge in [0.05, 0.1) is 19.8 Å². The van der Waals surface area contributed by atoms with Gasteiger partial charge in [0.2, 0.25) is 5.91 Å². The second-order valence-electron chi connectivity index (χ2n) is 4.50. The van der Waals surface area contributed by atoms with Gasteiger partial charge in [0.1, 0.15) is 0 Å². The number of nitrogens with one attached hydrogen (secondary N) is 1. The maximum absolute atomic E-state index is 11.9. The molecule has 7 nitrogen and oxygen atoms in total. The van der Waals surface area contributed by atoms with Crippen LogP contribution in [0.15, 0.2) is 29.4 Å². The van der Waals surface area contributed by atoms with Crippen LogP contribution in [-0.2, 0) is 9.53 Å². The lowest BCUT2D eigenvalue weighted by atomic mass is 10.2. The van der Waals surface area contributed by atoms with Gasteiger partial charge < -0.3 is 21.0 Å². The highest BCUT2D eigenvalue weighted by Gasteiger charge is 2.14. The zero-order valence-electron chi connectivity index (χ0n) is 11.1. The number of nitrogens with two attached hydrogens (primary N) is 1. The van der Waals surface area contributed by atoms with Gasteiger partial charge in [0.15, 0.2) is 5.84 Å². The first-order chi connectivity index (χ1) is 9.69. The predicted octanol–water partition coefficient (Wildman–Crippen LogP) is 0.0518. The second-order valence-corrected chi connectivity index (χ2v) is 4.50.